The largest absolute Gasteiger partial charge is 0.398 e. The van der Waals surface area contributed by atoms with Crippen molar-refractivity contribution in [3.8, 4) is 0 Å². The molecule has 12 heavy (non-hydrogen) atoms. The number of hydrogen-bond acceptors (Lipinski definition) is 5. The van der Waals surface area contributed by atoms with Gasteiger partial charge in [-0.05, 0) is 6.42 Å². The highest BCUT2D eigenvalue weighted by Gasteiger charge is 2.31. The van der Waals surface area contributed by atoms with Crippen LogP contribution in [0.2, 0.25) is 0 Å². The van der Waals surface area contributed by atoms with Crippen LogP contribution >= 0.6 is 0 Å². The predicted molar refractivity (Wildman–Crippen MR) is 48.1 cm³/mol. The second kappa shape index (κ2) is 3.20. The maximum absolute atomic E-state index is 5.81. The third-order valence-electron chi connectivity index (χ3n) is 2.32. The van der Waals surface area contributed by atoms with Gasteiger partial charge in [-0.1, -0.05) is 6.92 Å². The summed E-state index contributed by atoms with van der Waals surface area (Å²) in [6, 6.07) is 0.167. The fraction of sp³-hybridized carbons (Fsp3) is 0.714. The van der Waals surface area contributed by atoms with Gasteiger partial charge in [-0.15, -0.1) is 0 Å². The third kappa shape index (κ3) is 1.11. The maximum atomic E-state index is 5.81. The normalized spacial score (nSPS) is 25.6. The zero-order chi connectivity index (χ0) is 9.30. The Morgan fingerprint density at radius 1 is 1.42 bits per heavy atom. The summed E-state index contributed by atoms with van der Waals surface area (Å²) in [5, 5.41) is 3.76. The quantitative estimate of drug-likeness (QED) is 0.492. The minimum absolute atomic E-state index is 0.167. The molecule has 0 aromatic heterocycles. The van der Waals surface area contributed by atoms with Gasteiger partial charge >= 0.3 is 0 Å². The van der Waals surface area contributed by atoms with Crippen LogP contribution in [0.3, 0.4) is 0 Å². The molecule has 70 valence electrons. The van der Waals surface area contributed by atoms with Gasteiger partial charge in [-0.2, -0.15) is 5.01 Å². The van der Waals surface area contributed by atoms with E-state index in [1.807, 2.05) is 17.1 Å². The van der Waals surface area contributed by atoms with Crippen LogP contribution < -0.4 is 17.2 Å². The molecule has 5 nitrogen and oxygen atoms in total. The van der Waals surface area contributed by atoms with Crippen molar-refractivity contribution in [3.63, 3.8) is 0 Å². The van der Waals surface area contributed by atoms with E-state index in [1.54, 1.807) is 0 Å². The molecule has 1 atom stereocenters. The molecule has 0 saturated carbocycles. The van der Waals surface area contributed by atoms with Crippen molar-refractivity contribution in [1.82, 2.24) is 10.0 Å². The lowest BCUT2D eigenvalue weighted by Crippen LogP contribution is -2.45. The molecular formula is C7H17N5. The molecule has 1 aliphatic heterocycles. The van der Waals surface area contributed by atoms with Gasteiger partial charge in [0.05, 0.1) is 18.4 Å². The van der Waals surface area contributed by atoms with Crippen LogP contribution in [-0.2, 0) is 0 Å². The van der Waals surface area contributed by atoms with Crippen molar-refractivity contribution in [2.75, 3.05) is 13.7 Å². The van der Waals surface area contributed by atoms with E-state index in [0.717, 1.165) is 12.1 Å². The Hall–Kier alpha value is -0.940. The Bertz CT molecular complexity index is 200. The molecule has 0 aromatic rings. The number of hydrogen-bond donors (Lipinski definition) is 3. The summed E-state index contributed by atoms with van der Waals surface area (Å²) in [5.74, 6) is 0.618. The minimum Gasteiger partial charge on any atom is -0.398 e. The van der Waals surface area contributed by atoms with Crippen molar-refractivity contribution < 1.29 is 0 Å². The SMILES string of the molecule is CCC1C(N)=C(N)N(C)N1CN. The highest BCUT2D eigenvalue weighted by Crippen LogP contribution is 2.22. The first-order valence-corrected chi connectivity index (χ1v) is 4.08. The first kappa shape index (κ1) is 9.15. The Balaban J connectivity index is 2.85. The van der Waals surface area contributed by atoms with Crippen molar-refractivity contribution in [1.29, 1.82) is 0 Å². The van der Waals surface area contributed by atoms with Gasteiger partial charge in [0.15, 0.2) is 0 Å². The predicted octanol–water partition coefficient (Wildman–Crippen LogP) is -1.07. The first-order valence-electron chi connectivity index (χ1n) is 4.08. The molecule has 0 amide bonds. The zero-order valence-electron chi connectivity index (χ0n) is 7.62. The number of rotatable bonds is 2. The molecule has 0 aliphatic carbocycles. The molecule has 0 fully saturated rings. The molecule has 1 rings (SSSR count). The maximum Gasteiger partial charge on any atom is 0.134 e. The molecule has 5 heteroatoms. The van der Waals surface area contributed by atoms with E-state index in [9.17, 15) is 0 Å². The summed E-state index contributed by atoms with van der Waals surface area (Å²) in [5.41, 5.74) is 17.8. The fourth-order valence-electron chi connectivity index (χ4n) is 1.55. The first-order chi connectivity index (χ1) is 5.63. The van der Waals surface area contributed by atoms with Crippen LogP contribution in [0.5, 0.6) is 0 Å². The van der Waals surface area contributed by atoms with Crippen LogP contribution in [0, 0.1) is 0 Å². The van der Waals surface area contributed by atoms with E-state index in [1.165, 1.54) is 0 Å². The topological polar surface area (TPSA) is 84.5 Å². The minimum atomic E-state index is 0.167. The lowest BCUT2D eigenvalue weighted by atomic mass is 10.2. The highest BCUT2D eigenvalue weighted by molar-refractivity contribution is 5.17. The average Bonchev–Trinajstić information content (AvgIpc) is 2.29. The molecule has 0 bridgehead atoms. The molecule has 0 spiro atoms. The third-order valence-corrected chi connectivity index (χ3v) is 2.32. The van der Waals surface area contributed by atoms with E-state index < -0.39 is 0 Å². The molecule has 1 unspecified atom stereocenters. The van der Waals surface area contributed by atoms with Crippen LogP contribution in [0.15, 0.2) is 11.5 Å². The van der Waals surface area contributed by atoms with Crippen molar-refractivity contribution >= 4 is 0 Å². The van der Waals surface area contributed by atoms with Gasteiger partial charge in [-0.25, -0.2) is 0 Å². The van der Waals surface area contributed by atoms with E-state index in [4.69, 9.17) is 17.2 Å². The monoisotopic (exact) mass is 171 g/mol. The Labute approximate surface area is 72.7 Å². The lowest BCUT2D eigenvalue weighted by molar-refractivity contribution is 0.0290. The standard InChI is InChI=1S/C7H17N5/c1-3-5-6(9)7(10)11(2)12(5)4-8/h5H,3-4,8-10H2,1-2H3. The molecule has 6 N–H and O–H groups in total. The molecule has 0 aromatic carbocycles. The van der Waals surface area contributed by atoms with E-state index in [-0.39, 0.29) is 6.04 Å². The lowest BCUT2D eigenvalue weighted by Gasteiger charge is -2.29. The second-order valence-corrected chi connectivity index (χ2v) is 2.91. The molecule has 0 saturated heterocycles. The Kier molecular flexibility index (Phi) is 2.44. The Morgan fingerprint density at radius 2 is 2.00 bits per heavy atom. The highest BCUT2D eigenvalue weighted by atomic mass is 15.7. The van der Waals surface area contributed by atoms with Crippen LogP contribution in [0.1, 0.15) is 13.3 Å². The van der Waals surface area contributed by atoms with E-state index >= 15 is 0 Å². The number of nitrogens with zero attached hydrogens (tertiary/aromatic N) is 2. The van der Waals surface area contributed by atoms with E-state index in [2.05, 4.69) is 6.92 Å². The fourth-order valence-corrected chi connectivity index (χ4v) is 1.55. The number of nitrogens with two attached hydrogens (primary N) is 3. The smallest absolute Gasteiger partial charge is 0.134 e. The van der Waals surface area contributed by atoms with E-state index in [0.29, 0.717) is 12.5 Å². The summed E-state index contributed by atoms with van der Waals surface area (Å²) in [4.78, 5) is 0. The van der Waals surface area contributed by atoms with Gasteiger partial charge < -0.3 is 17.2 Å². The zero-order valence-corrected chi connectivity index (χ0v) is 7.62. The van der Waals surface area contributed by atoms with Crippen molar-refractivity contribution in [2.24, 2.45) is 17.2 Å². The van der Waals surface area contributed by atoms with Crippen LogP contribution in [-0.4, -0.2) is 29.8 Å². The van der Waals surface area contributed by atoms with Gasteiger partial charge in [0.1, 0.15) is 5.82 Å². The molecule has 1 heterocycles. The summed E-state index contributed by atoms with van der Waals surface area (Å²) < 4.78 is 0. The summed E-state index contributed by atoms with van der Waals surface area (Å²) >= 11 is 0. The molecular weight excluding hydrogens is 154 g/mol. The molecule has 1 aliphatic rings. The van der Waals surface area contributed by atoms with Crippen LogP contribution in [0.4, 0.5) is 0 Å². The number of hydrazine groups is 1. The van der Waals surface area contributed by atoms with Gasteiger partial charge in [0, 0.05) is 7.05 Å². The van der Waals surface area contributed by atoms with Crippen molar-refractivity contribution in [3.05, 3.63) is 11.5 Å². The summed E-state index contributed by atoms with van der Waals surface area (Å²) in [6.07, 6.45) is 0.925. The summed E-state index contributed by atoms with van der Waals surface area (Å²) in [7, 11) is 1.87. The van der Waals surface area contributed by atoms with Gasteiger partial charge in [0.2, 0.25) is 0 Å². The van der Waals surface area contributed by atoms with Gasteiger partial charge in [-0.3, -0.25) is 5.01 Å². The Morgan fingerprint density at radius 3 is 2.33 bits per heavy atom. The molecule has 0 radical (unpaired) electrons. The average molecular weight is 171 g/mol. The van der Waals surface area contributed by atoms with Crippen molar-refractivity contribution in [2.45, 2.75) is 19.4 Å². The van der Waals surface area contributed by atoms with Gasteiger partial charge in [0.25, 0.3) is 0 Å². The van der Waals surface area contributed by atoms with Crippen LogP contribution in [0.25, 0.3) is 0 Å². The summed E-state index contributed by atoms with van der Waals surface area (Å²) in [6.45, 7) is 2.50. The second-order valence-electron chi connectivity index (χ2n) is 2.91.